The molecule has 0 radical (unpaired) electrons. The molecule has 1 rings (SSSR count). The van der Waals surface area contributed by atoms with Gasteiger partial charge in [0.15, 0.2) is 0 Å². The highest BCUT2D eigenvalue weighted by atomic mass is 19.1. The molecule has 0 spiro atoms. The normalized spacial score (nSPS) is 11.4. The summed E-state index contributed by atoms with van der Waals surface area (Å²) in [6, 6.07) is 4.35. The Labute approximate surface area is 84.3 Å². The van der Waals surface area contributed by atoms with Crippen LogP contribution >= 0.6 is 0 Å². The van der Waals surface area contributed by atoms with Crippen LogP contribution in [0.3, 0.4) is 0 Å². The van der Waals surface area contributed by atoms with Gasteiger partial charge < -0.3 is 11.1 Å². The quantitative estimate of drug-likeness (QED) is 0.714. The maximum atomic E-state index is 12.9. The molecule has 78 valence electrons. The Morgan fingerprint density at radius 1 is 1.36 bits per heavy atom. The van der Waals surface area contributed by atoms with Gasteiger partial charge in [0.25, 0.3) is 0 Å². The predicted molar refractivity (Wildman–Crippen MR) is 58.8 cm³/mol. The molecule has 0 aromatic heterocycles. The highest BCUT2D eigenvalue weighted by molar-refractivity contribution is 5.65. The topological polar surface area (TPSA) is 38.0 Å². The fourth-order valence-corrected chi connectivity index (χ4v) is 1.04. The van der Waals surface area contributed by atoms with Gasteiger partial charge in [0.2, 0.25) is 0 Å². The first-order chi connectivity index (χ1) is 6.38. The maximum Gasteiger partial charge on any atom is 0.125 e. The standard InChI is InChI=1S/C11H17FN2/c1-11(2,3)7-14-10-6-8(12)4-5-9(10)13/h4-6,14H,7,13H2,1-3H3. The van der Waals surface area contributed by atoms with E-state index in [9.17, 15) is 4.39 Å². The Kier molecular flexibility index (Phi) is 2.99. The zero-order valence-corrected chi connectivity index (χ0v) is 8.89. The number of anilines is 2. The third-order valence-electron chi connectivity index (χ3n) is 1.82. The summed E-state index contributed by atoms with van der Waals surface area (Å²) in [4.78, 5) is 0. The molecule has 0 amide bonds. The van der Waals surface area contributed by atoms with Crippen molar-refractivity contribution in [2.24, 2.45) is 5.41 Å². The van der Waals surface area contributed by atoms with E-state index < -0.39 is 0 Å². The monoisotopic (exact) mass is 196 g/mol. The molecule has 0 atom stereocenters. The summed E-state index contributed by atoms with van der Waals surface area (Å²) >= 11 is 0. The molecule has 0 aliphatic carbocycles. The van der Waals surface area contributed by atoms with Crippen LogP contribution in [0.4, 0.5) is 15.8 Å². The lowest BCUT2D eigenvalue weighted by Gasteiger charge is -2.20. The van der Waals surface area contributed by atoms with Gasteiger partial charge in [-0.15, -0.1) is 0 Å². The summed E-state index contributed by atoms with van der Waals surface area (Å²) in [5, 5.41) is 3.13. The molecule has 0 heterocycles. The van der Waals surface area contributed by atoms with E-state index in [2.05, 4.69) is 26.1 Å². The van der Waals surface area contributed by atoms with Crippen molar-refractivity contribution in [1.29, 1.82) is 0 Å². The van der Waals surface area contributed by atoms with Gasteiger partial charge >= 0.3 is 0 Å². The summed E-state index contributed by atoms with van der Waals surface area (Å²) in [6.07, 6.45) is 0. The van der Waals surface area contributed by atoms with Crippen LogP contribution in [0.5, 0.6) is 0 Å². The molecule has 0 aliphatic heterocycles. The molecule has 3 N–H and O–H groups in total. The van der Waals surface area contributed by atoms with Crippen LogP contribution in [0.15, 0.2) is 18.2 Å². The van der Waals surface area contributed by atoms with Crippen LogP contribution in [0.2, 0.25) is 0 Å². The van der Waals surface area contributed by atoms with Crippen LogP contribution in [0, 0.1) is 11.2 Å². The van der Waals surface area contributed by atoms with Crippen molar-refractivity contribution in [2.75, 3.05) is 17.6 Å². The van der Waals surface area contributed by atoms with Gasteiger partial charge in [0.1, 0.15) is 5.82 Å². The second-order valence-electron chi connectivity index (χ2n) is 4.65. The summed E-state index contributed by atoms with van der Waals surface area (Å²) in [5.74, 6) is -0.268. The fourth-order valence-electron chi connectivity index (χ4n) is 1.04. The first-order valence-corrected chi connectivity index (χ1v) is 4.67. The number of benzene rings is 1. The van der Waals surface area contributed by atoms with E-state index in [-0.39, 0.29) is 11.2 Å². The minimum Gasteiger partial charge on any atom is -0.397 e. The van der Waals surface area contributed by atoms with E-state index >= 15 is 0 Å². The number of rotatable bonds is 2. The Balaban J connectivity index is 2.72. The maximum absolute atomic E-state index is 12.9. The van der Waals surface area contributed by atoms with Crippen LogP contribution < -0.4 is 11.1 Å². The summed E-state index contributed by atoms with van der Waals surface area (Å²) < 4.78 is 12.9. The number of nitrogens with one attached hydrogen (secondary N) is 1. The number of nitrogens with two attached hydrogens (primary N) is 1. The second kappa shape index (κ2) is 3.86. The number of halogens is 1. The van der Waals surface area contributed by atoms with Gasteiger partial charge in [0.05, 0.1) is 11.4 Å². The van der Waals surface area contributed by atoms with Crippen LogP contribution in [-0.2, 0) is 0 Å². The average Bonchev–Trinajstić information content (AvgIpc) is 2.05. The van der Waals surface area contributed by atoms with Crippen molar-refractivity contribution < 1.29 is 4.39 Å². The summed E-state index contributed by atoms with van der Waals surface area (Å²) in [5.41, 5.74) is 7.09. The molecule has 0 bridgehead atoms. The SMILES string of the molecule is CC(C)(C)CNc1cc(F)ccc1N. The van der Waals surface area contributed by atoms with Crippen molar-refractivity contribution in [3.8, 4) is 0 Å². The molecule has 0 aliphatic rings. The van der Waals surface area contributed by atoms with Crippen molar-refractivity contribution in [2.45, 2.75) is 20.8 Å². The lowest BCUT2D eigenvalue weighted by atomic mass is 9.97. The highest BCUT2D eigenvalue weighted by Gasteiger charge is 2.10. The highest BCUT2D eigenvalue weighted by Crippen LogP contribution is 2.21. The fraction of sp³-hybridized carbons (Fsp3) is 0.455. The van der Waals surface area contributed by atoms with E-state index in [1.165, 1.54) is 12.1 Å². The average molecular weight is 196 g/mol. The van der Waals surface area contributed by atoms with Gasteiger partial charge in [-0.05, 0) is 23.6 Å². The van der Waals surface area contributed by atoms with E-state index in [1.54, 1.807) is 6.07 Å². The van der Waals surface area contributed by atoms with E-state index in [0.717, 1.165) is 6.54 Å². The lowest BCUT2D eigenvalue weighted by Crippen LogP contribution is -2.19. The van der Waals surface area contributed by atoms with Gasteiger partial charge in [0, 0.05) is 6.54 Å². The molecule has 14 heavy (non-hydrogen) atoms. The molecule has 1 aromatic carbocycles. The first kappa shape index (κ1) is 10.8. The zero-order chi connectivity index (χ0) is 10.8. The van der Waals surface area contributed by atoms with Crippen LogP contribution in [0.25, 0.3) is 0 Å². The van der Waals surface area contributed by atoms with Crippen molar-refractivity contribution >= 4 is 11.4 Å². The van der Waals surface area contributed by atoms with Crippen molar-refractivity contribution in [3.05, 3.63) is 24.0 Å². The zero-order valence-electron chi connectivity index (χ0n) is 8.89. The third kappa shape index (κ3) is 3.24. The Hall–Kier alpha value is -1.25. The van der Waals surface area contributed by atoms with E-state index in [0.29, 0.717) is 11.4 Å². The molecule has 0 saturated carbocycles. The minimum absolute atomic E-state index is 0.152. The molecule has 0 fully saturated rings. The van der Waals surface area contributed by atoms with Gasteiger partial charge in [-0.2, -0.15) is 0 Å². The van der Waals surface area contributed by atoms with E-state index in [1.807, 2.05) is 0 Å². The molecule has 2 nitrogen and oxygen atoms in total. The van der Waals surface area contributed by atoms with Gasteiger partial charge in [-0.3, -0.25) is 0 Å². The molecule has 3 heteroatoms. The van der Waals surface area contributed by atoms with Gasteiger partial charge in [-0.25, -0.2) is 4.39 Å². The predicted octanol–water partition coefficient (Wildman–Crippen LogP) is 2.87. The first-order valence-electron chi connectivity index (χ1n) is 4.67. The van der Waals surface area contributed by atoms with Crippen molar-refractivity contribution in [1.82, 2.24) is 0 Å². The van der Waals surface area contributed by atoms with Crippen LogP contribution in [0.1, 0.15) is 20.8 Å². The second-order valence-corrected chi connectivity index (χ2v) is 4.65. The lowest BCUT2D eigenvalue weighted by molar-refractivity contribution is 0.443. The third-order valence-corrected chi connectivity index (χ3v) is 1.82. The molecular weight excluding hydrogens is 179 g/mol. The summed E-state index contributed by atoms with van der Waals surface area (Å²) in [6.45, 7) is 7.08. The Morgan fingerprint density at radius 2 is 2.00 bits per heavy atom. The largest absolute Gasteiger partial charge is 0.397 e. The molecule has 0 unspecified atom stereocenters. The number of hydrogen-bond donors (Lipinski definition) is 2. The molecule has 1 aromatic rings. The Bertz CT molecular complexity index is 316. The molecule has 0 saturated heterocycles. The Morgan fingerprint density at radius 3 is 2.57 bits per heavy atom. The number of hydrogen-bond acceptors (Lipinski definition) is 2. The van der Waals surface area contributed by atoms with Crippen molar-refractivity contribution in [3.63, 3.8) is 0 Å². The number of nitrogen functional groups attached to an aromatic ring is 1. The van der Waals surface area contributed by atoms with E-state index in [4.69, 9.17) is 5.73 Å². The van der Waals surface area contributed by atoms with Crippen LogP contribution in [-0.4, -0.2) is 6.54 Å². The smallest absolute Gasteiger partial charge is 0.125 e. The summed E-state index contributed by atoms with van der Waals surface area (Å²) in [7, 11) is 0. The molecular formula is C11H17FN2. The van der Waals surface area contributed by atoms with Gasteiger partial charge in [-0.1, -0.05) is 20.8 Å². The minimum atomic E-state index is -0.268.